The summed E-state index contributed by atoms with van der Waals surface area (Å²) in [7, 11) is 0. The zero-order valence-electron chi connectivity index (χ0n) is 16.9. The van der Waals surface area contributed by atoms with Crippen LogP contribution in [0.2, 0.25) is 5.02 Å². The lowest BCUT2D eigenvalue weighted by molar-refractivity contribution is 0.0952. The Balaban J connectivity index is 1.75. The molecule has 0 radical (unpaired) electrons. The average Bonchev–Trinajstić information content (AvgIpc) is 2.71. The number of phenols is 1. The third kappa shape index (κ3) is 8.16. The summed E-state index contributed by atoms with van der Waals surface area (Å²) in [5.74, 6) is 0.127. The summed E-state index contributed by atoms with van der Waals surface area (Å²) in [5, 5.41) is 14.1. The number of halogens is 1. The molecule has 2 rings (SSSR count). The number of hydrazone groups is 1. The Morgan fingerprint density at radius 1 is 1.10 bits per heavy atom. The van der Waals surface area contributed by atoms with Gasteiger partial charge in [0.05, 0.1) is 23.4 Å². The molecule has 2 aromatic carbocycles. The molecule has 0 atom stereocenters. The third-order valence-electron chi connectivity index (χ3n) is 4.51. The first kappa shape index (κ1) is 22.8. The average molecular weight is 417 g/mol. The van der Waals surface area contributed by atoms with Gasteiger partial charge in [-0.1, -0.05) is 69.2 Å². The smallest absolute Gasteiger partial charge is 0.275 e. The van der Waals surface area contributed by atoms with E-state index in [1.807, 2.05) is 6.07 Å². The maximum atomic E-state index is 12.0. The normalized spacial score (nSPS) is 11.0. The van der Waals surface area contributed by atoms with Gasteiger partial charge in [0.15, 0.2) is 0 Å². The summed E-state index contributed by atoms with van der Waals surface area (Å²) in [5.41, 5.74) is 3.19. The number of unbranched alkanes of at least 4 members (excludes halogenated alkanes) is 6. The largest absolute Gasteiger partial charge is 0.507 e. The first-order valence-electron chi connectivity index (χ1n) is 10.2. The number of hydrogen-bond acceptors (Lipinski definition) is 4. The molecule has 0 aliphatic heterocycles. The van der Waals surface area contributed by atoms with Crippen LogP contribution < -0.4 is 10.2 Å². The molecule has 0 fully saturated rings. The number of aromatic hydroxyl groups is 1. The minimum absolute atomic E-state index is 0.0966. The van der Waals surface area contributed by atoms with Crippen molar-refractivity contribution in [1.29, 1.82) is 0 Å². The minimum atomic E-state index is -0.495. The lowest BCUT2D eigenvalue weighted by Crippen LogP contribution is -2.17. The number of hydrogen-bond donors (Lipinski definition) is 2. The Labute approximate surface area is 177 Å². The van der Waals surface area contributed by atoms with Crippen LogP contribution in [0.15, 0.2) is 47.6 Å². The molecule has 0 aliphatic carbocycles. The fourth-order valence-electron chi connectivity index (χ4n) is 2.84. The number of rotatable bonds is 12. The van der Waals surface area contributed by atoms with Gasteiger partial charge in [-0.05, 0) is 36.8 Å². The van der Waals surface area contributed by atoms with E-state index in [-0.39, 0.29) is 11.3 Å². The van der Waals surface area contributed by atoms with Crippen LogP contribution >= 0.6 is 11.6 Å². The van der Waals surface area contributed by atoms with Gasteiger partial charge in [-0.3, -0.25) is 4.79 Å². The van der Waals surface area contributed by atoms with Gasteiger partial charge < -0.3 is 9.84 Å². The molecule has 0 bridgehead atoms. The van der Waals surface area contributed by atoms with Crippen molar-refractivity contribution >= 4 is 23.7 Å². The maximum Gasteiger partial charge on any atom is 0.275 e. The number of phenolic OH excluding ortho intramolecular Hbond substituents is 1. The van der Waals surface area contributed by atoms with Gasteiger partial charge in [-0.2, -0.15) is 5.10 Å². The monoisotopic (exact) mass is 416 g/mol. The van der Waals surface area contributed by atoms with Gasteiger partial charge in [-0.25, -0.2) is 5.43 Å². The van der Waals surface area contributed by atoms with Crippen molar-refractivity contribution in [3.8, 4) is 11.5 Å². The summed E-state index contributed by atoms with van der Waals surface area (Å²) < 4.78 is 5.76. The zero-order valence-corrected chi connectivity index (χ0v) is 17.6. The highest BCUT2D eigenvalue weighted by Crippen LogP contribution is 2.22. The lowest BCUT2D eigenvalue weighted by atomic mass is 10.1. The summed E-state index contributed by atoms with van der Waals surface area (Å²) >= 11 is 6.27. The highest BCUT2D eigenvalue weighted by Gasteiger charge is 2.08. The van der Waals surface area contributed by atoms with Crippen LogP contribution in [0.4, 0.5) is 0 Å². The fraction of sp³-hybridized carbons (Fsp3) is 0.391. The van der Waals surface area contributed by atoms with E-state index >= 15 is 0 Å². The lowest BCUT2D eigenvalue weighted by Gasteiger charge is -2.08. The minimum Gasteiger partial charge on any atom is -0.507 e. The van der Waals surface area contributed by atoms with Crippen molar-refractivity contribution in [1.82, 2.24) is 5.43 Å². The second-order valence-corrected chi connectivity index (χ2v) is 7.28. The summed E-state index contributed by atoms with van der Waals surface area (Å²) in [6.45, 7) is 2.90. The van der Waals surface area contributed by atoms with E-state index in [2.05, 4.69) is 17.5 Å². The summed E-state index contributed by atoms with van der Waals surface area (Å²) in [6, 6.07) is 11.6. The van der Waals surface area contributed by atoms with Crippen LogP contribution in [-0.4, -0.2) is 23.8 Å². The van der Waals surface area contributed by atoms with Crippen molar-refractivity contribution in [2.75, 3.05) is 6.61 Å². The third-order valence-corrected chi connectivity index (χ3v) is 4.83. The van der Waals surface area contributed by atoms with E-state index in [0.717, 1.165) is 12.2 Å². The van der Waals surface area contributed by atoms with Crippen molar-refractivity contribution < 1.29 is 14.6 Å². The summed E-state index contributed by atoms with van der Waals surface area (Å²) in [4.78, 5) is 12.0. The van der Waals surface area contributed by atoms with E-state index in [4.69, 9.17) is 16.3 Å². The molecule has 0 spiro atoms. The van der Waals surface area contributed by atoms with E-state index in [0.29, 0.717) is 17.2 Å². The Hall–Kier alpha value is -2.53. The van der Waals surface area contributed by atoms with Gasteiger partial charge in [0.2, 0.25) is 0 Å². The van der Waals surface area contributed by atoms with Crippen LogP contribution in [0.3, 0.4) is 0 Å². The van der Waals surface area contributed by atoms with Gasteiger partial charge >= 0.3 is 0 Å². The molecule has 5 nitrogen and oxygen atoms in total. The van der Waals surface area contributed by atoms with Crippen LogP contribution in [-0.2, 0) is 0 Å². The Morgan fingerprint density at radius 2 is 1.83 bits per heavy atom. The van der Waals surface area contributed by atoms with Crippen LogP contribution in [0.25, 0.3) is 0 Å². The fourth-order valence-corrected chi connectivity index (χ4v) is 3.06. The highest BCUT2D eigenvalue weighted by atomic mass is 35.5. The number of carbonyl (C=O) groups excluding carboxylic acids is 1. The molecule has 156 valence electrons. The standard InChI is InChI=1S/C23H29ClN2O3/c1-2-3-4-5-6-7-10-15-29-19-14-13-18(21(24)16-19)17-25-26-23(28)20-11-8-9-12-22(20)27/h8-9,11-14,16-17,27H,2-7,10,15H2,1H3,(H,26,28)/b25-17-. The topological polar surface area (TPSA) is 70.9 Å². The number of amides is 1. The second-order valence-electron chi connectivity index (χ2n) is 6.87. The highest BCUT2D eigenvalue weighted by molar-refractivity contribution is 6.33. The van der Waals surface area contributed by atoms with Gasteiger partial charge in [0.25, 0.3) is 5.91 Å². The predicted molar refractivity (Wildman–Crippen MR) is 118 cm³/mol. The van der Waals surface area contributed by atoms with E-state index in [1.165, 1.54) is 56.9 Å². The second kappa shape index (κ2) is 12.8. The quantitative estimate of drug-likeness (QED) is 0.255. The first-order chi connectivity index (χ1) is 14.1. The maximum absolute atomic E-state index is 12.0. The molecule has 2 aromatic rings. The molecule has 6 heteroatoms. The van der Waals surface area contributed by atoms with Crippen LogP contribution in [0.5, 0.6) is 11.5 Å². The number of para-hydroxylation sites is 1. The summed E-state index contributed by atoms with van der Waals surface area (Å²) in [6.07, 6.45) is 10.1. The first-order valence-corrected chi connectivity index (χ1v) is 10.5. The van der Waals surface area contributed by atoms with Crippen LogP contribution in [0.1, 0.15) is 67.8 Å². The van der Waals surface area contributed by atoms with E-state index in [9.17, 15) is 9.90 Å². The molecule has 0 heterocycles. The van der Waals surface area contributed by atoms with Crippen LogP contribution in [0, 0.1) is 0 Å². The molecule has 0 aliphatic rings. The van der Waals surface area contributed by atoms with E-state index in [1.54, 1.807) is 24.3 Å². The SMILES string of the molecule is CCCCCCCCCOc1ccc(/C=N\NC(=O)c2ccccc2O)c(Cl)c1. The Morgan fingerprint density at radius 3 is 2.55 bits per heavy atom. The molecule has 1 amide bonds. The number of nitrogens with one attached hydrogen (secondary N) is 1. The molecular weight excluding hydrogens is 388 g/mol. The molecule has 0 saturated heterocycles. The Kier molecular flexibility index (Phi) is 10.1. The molecule has 0 aromatic heterocycles. The molecule has 2 N–H and O–H groups in total. The molecule has 29 heavy (non-hydrogen) atoms. The predicted octanol–water partition coefficient (Wildman–Crippen LogP) is 5.94. The zero-order chi connectivity index (χ0) is 20.9. The number of carbonyl (C=O) groups is 1. The van der Waals surface area contributed by atoms with Crippen molar-refractivity contribution in [2.45, 2.75) is 51.9 Å². The van der Waals surface area contributed by atoms with E-state index < -0.39 is 5.91 Å². The van der Waals surface area contributed by atoms with Gasteiger partial charge in [0.1, 0.15) is 11.5 Å². The number of benzene rings is 2. The molecule has 0 unspecified atom stereocenters. The number of ether oxygens (including phenoxy) is 1. The number of nitrogens with zero attached hydrogens (tertiary/aromatic N) is 1. The van der Waals surface area contributed by atoms with Gasteiger partial charge in [0, 0.05) is 5.56 Å². The molecule has 0 saturated carbocycles. The van der Waals surface area contributed by atoms with Crippen molar-refractivity contribution in [2.24, 2.45) is 5.10 Å². The molecular formula is C23H29ClN2O3. The Bertz CT molecular complexity index is 808. The van der Waals surface area contributed by atoms with Crippen molar-refractivity contribution in [3.05, 3.63) is 58.6 Å². The van der Waals surface area contributed by atoms with Crippen molar-refractivity contribution in [3.63, 3.8) is 0 Å². The van der Waals surface area contributed by atoms with Gasteiger partial charge in [-0.15, -0.1) is 0 Å².